The van der Waals surface area contributed by atoms with Crippen molar-refractivity contribution < 1.29 is 4.74 Å². The van der Waals surface area contributed by atoms with E-state index in [1.54, 1.807) is 0 Å². The number of fused-ring (bicyclic) bond motifs is 1. The van der Waals surface area contributed by atoms with Gasteiger partial charge in [0.25, 0.3) is 0 Å². The van der Waals surface area contributed by atoms with E-state index in [0.717, 1.165) is 38.3 Å². The molecule has 0 aromatic heterocycles. The molecule has 2 aliphatic rings. The van der Waals surface area contributed by atoms with Crippen molar-refractivity contribution in [2.75, 3.05) is 32.8 Å². The van der Waals surface area contributed by atoms with Gasteiger partial charge in [0.2, 0.25) is 0 Å². The van der Waals surface area contributed by atoms with Crippen molar-refractivity contribution in [3.63, 3.8) is 0 Å². The Kier molecular flexibility index (Phi) is 4.04. The highest BCUT2D eigenvalue weighted by molar-refractivity contribution is 5.39. The zero-order valence-electron chi connectivity index (χ0n) is 11.8. The minimum atomic E-state index is 0.702. The second-order valence-corrected chi connectivity index (χ2v) is 5.71. The number of rotatable bonds is 3. The number of hydrogen-bond acceptors (Lipinski definition) is 3. The zero-order valence-corrected chi connectivity index (χ0v) is 11.8. The summed E-state index contributed by atoms with van der Waals surface area (Å²) < 4.78 is 5.56. The van der Waals surface area contributed by atoms with Gasteiger partial charge in [-0.05, 0) is 43.5 Å². The van der Waals surface area contributed by atoms with Crippen molar-refractivity contribution >= 4 is 0 Å². The lowest BCUT2D eigenvalue weighted by Gasteiger charge is -2.26. The number of nitrogens with one attached hydrogen (secondary N) is 1. The molecule has 3 nitrogen and oxygen atoms in total. The molecule has 2 heterocycles. The summed E-state index contributed by atoms with van der Waals surface area (Å²) in [5.74, 6) is 1.09. The summed E-state index contributed by atoms with van der Waals surface area (Å²) in [4.78, 5) is 2.61. The third kappa shape index (κ3) is 3.10. The van der Waals surface area contributed by atoms with Gasteiger partial charge < -0.3 is 10.1 Å². The van der Waals surface area contributed by atoms with Crippen LogP contribution in [0.4, 0.5) is 0 Å². The van der Waals surface area contributed by atoms with Crippen molar-refractivity contribution in [1.82, 2.24) is 10.2 Å². The third-order valence-corrected chi connectivity index (χ3v) is 4.38. The smallest absolute Gasteiger partial charge is 0.122 e. The standard InChI is InChI=1S/C16H24N2O/c1-13-4-7-17-8-10-18(13)9-5-14-2-3-16-15(12-14)6-11-19-16/h2-3,12-13,17H,4-11H2,1H3. The van der Waals surface area contributed by atoms with Gasteiger partial charge in [-0.2, -0.15) is 0 Å². The molecule has 0 bridgehead atoms. The molecule has 0 amide bonds. The van der Waals surface area contributed by atoms with Crippen LogP contribution in [-0.2, 0) is 12.8 Å². The predicted octanol–water partition coefficient (Wildman–Crippen LogP) is 1.85. The van der Waals surface area contributed by atoms with Gasteiger partial charge in [0.15, 0.2) is 0 Å². The molecule has 1 unspecified atom stereocenters. The topological polar surface area (TPSA) is 24.5 Å². The van der Waals surface area contributed by atoms with E-state index in [0.29, 0.717) is 6.04 Å². The molecule has 19 heavy (non-hydrogen) atoms. The lowest BCUT2D eigenvalue weighted by Crippen LogP contribution is -2.35. The molecule has 0 radical (unpaired) electrons. The van der Waals surface area contributed by atoms with E-state index in [1.165, 1.54) is 30.6 Å². The van der Waals surface area contributed by atoms with E-state index in [2.05, 4.69) is 35.3 Å². The fourth-order valence-corrected chi connectivity index (χ4v) is 3.06. The maximum atomic E-state index is 5.56. The van der Waals surface area contributed by atoms with Crippen molar-refractivity contribution in [1.29, 1.82) is 0 Å². The Morgan fingerprint density at radius 2 is 2.32 bits per heavy atom. The molecular weight excluding hydrogens is 236 g/mol. The quantitative estimate of drug-likeness (QED) is 0.897. The molecule has 1 N–H and O–H groups in total. The molecular formula is C16H24N2O. The molecule has 1 fully saturated rings. The molecule has 3 rings (SSSR count). The summed E-state index contributed by atoms with van der Waals surface area (Å²) in [6.07, 6.45) is 3.49. The normalized spacial score (nSPS) is 23.7. The van der Waals surface area contributed by atoms with Gasteiger partial charge in [-0.25, -0.2) is 0 Å². The monoisotopic (exact) mass is 260 g/mol. The van der Waals surface area contributed by atoms with Crippen LogP contribution >= 0.6 is 0 Å². The average molecular weight is 260 g/mol. The number of benzene rings is 1. The van der Waals surface area contributed by atoms with Crippen molar-refractivity contribution in [2.45, 2.75) is 32.2 Å². The van der Waals surface area contributed by atoms with Gasteiger partial charge in [0, 0.05) is 32.1 Å². The van der Waals surface area contributed by atoms with E-state index in [1.807, 2.05) is 0 Å². The first kappa shape index (κ1) is 12.9. The summed E-state index contributed by atoms with van der Waals surface area (Å²) in [6, 6.07) is 7.41. The van der Waals surface area contributed by atoms with Crippen LogP contribution < -0.4 is 10.1 Å². The average Bonchev–Trinajstić information content (AvgIpc) is 2.79. The number of hydrogen-bond donors (Lipinski definition) is 1. The maximum absolute atomic E-state index is 5.56. The van der Waals surface area contributed by atoms with Crippen LogP contribution in [0.5, 0.6) is 5.75 Å². The third-order valence-electron chi connectivity index (χ3n) is 4.38. The Morgan fingerprint density at radius 1 is 1.37 bits per heavy atom. The second-order valence-electron chi connectivity index (χ2n) is 5.71. The van der Waals surface area contributed by atoms with E-state index < -0.39 is 0 Å². The molecule has 0 spiro atoms. The fraction of sp³-hybridized carbons (Fsp3) is 0.625. The molecule has 0 saturated carbocycles. The molecule has 3 heteroatoms. The summed E-state index contributed by atoms with van der Waals surface area (Å²) in [7, 11) is 0. The van der Waals surface area contributed by atoms with Gasteiger partial charge in [-0.15, -0.1) is 0 Å². The Hall–Kier alpha value is -1.06. The van der Waals surface area contributed by atoms with Crippen LogP contribution in [0, 0.1) is 0 Å². The minimum Gasteiger partial charge on any atom is -0.493 e. The zero-order chi connectivity index (χ0) is 13.1. The number of ether oxygens (including phenoxy) is 1. The highest BCUT2D eigenvalue weighted by atomic mass is 16.5. The van der Waals surface area contributed by atoms with Crippen LogP contribution in [0.2, 0.25) is 0 Å². The minimum absolute atomic E-state index is 0.702. The summed E-state index contributed by atoms with van der Waals surface area (Å²) >= 11 is 0. The summed E-state index contributed by atoms with van der Waals surface area (Å²) in [5.41, 5.74) is 2.84. The van der Waals surface area contributed by atoms with Crippen LogP contribution in [0.15, 0.2) is 18.2 Å². The van der Waals surface area contributed by atoms with Crippen LogP contribution in [-0.4, -0.2) is 43.7 Å². The highest BCUT2D eigenvalue weighted by Crippen LogP contribution is 2.26. The highest BCUT2D eigenvalue weighted by Gasteiger charge is 2.17. The molecule has 2 aliphatic heterocycles. The lowest BCUT2D eigenvalue weighted by atomic mass is 10.1. The maximum Gasteiger partial charge on any atom is 0.122 e. The van der Waals surface area contributed by atoms with Gasteiger partial charge in [0.1, 0.15) is 5.75 Å². The van der Waals surface area contributed by atoms with E-state index in [-0.39, 0.29) is 0 Å². The Bertz CT molecular complexity index is 433. The number of nitrogens with zero attached hydrogens (tertiary/aromatic N) is 1. The largest absolute Gasteiger partial charge is 0.493 e. The molecule has 1 aromatic rings. The second kappa shape index (κ2) is 5.93. The summed E-state index contributed by atoms with van der Waals surface area (Å²) in [6.45, 7) is 7.84. The van der Waals surface area contributed by atoms with Gasteiger partial charge in [-0.1, -0.05) is 12.1 Å². The molecule has 104 valence electrons. The fourth-order valence-electron chi connectivity index (χ4n) is 3.06. The van der Waals surface area contributed by atoms with E-state index in [4.69, 9.17) is 4.74 Å². The first-order valence-corrected chi connectivity index (χ1v) is 7.52. The van der Waals surface area contributed by atoms with Crippen molar-refractivity contribution in [2.24, 2.45) is 0 Å². The van der Waals surface area contributed by atoms with E-state index in [9.17, 15) is 0 Å². The Morgan fingerprint density at radius 3 is 3.26 bits per heavy atom. The molecule has 1 atom stereocenters. The van der Waals surface area contributed by atoms with Crippen molar-refractivity contribution in [3.05, 3.63) is 29.3 Å². The molecule has 1 saturated heterocycles. The summed E-state index contributed by atoms with van der Waals surface area (Å²) in [5, 5.41) is 3.48. The van der Waals surface area contributed by atoms with E-state index >= 15 is 0 Å². The molecule has 0 aliphatic carbocycles. The predicted molar refractivity (Wildman–Crippen MR) is 77.9 cm³/mol. The first-order chi connectivity index (χ1) is 9.33. The molecule has 1 aromatic carbocycles. The Balaban J connectivity index is 1.59. The first-order valence-electron chi connectivity index (χ1n) is 7.52. The van der Waals surface area contributed by atoms with Gasteiger partial charge in [-0.3, -0.25) is 4.90 Å². The SMILES string of the molecule is CC1CCNCCN1CCc1ccc2c(c1)CCO2. The van der Waals surface area contributed by atoms with Crippen molar-refractivity contribution in [3.8, 4) is 5.75 Å². The van der Waals surface area contributed by atoms with Gasteiger partial charge >= 0.3 is 0 Å². The van der Waals surface area contributed by atoms with Crippen LogP contribution in [0.3, 0.4) is 0 Å². The van der Waals surface area contributed by atoms with Gasteiger partial charge in [0.05, 0.1) is 6.61 Å². The van der Waals surface area contributed by atoms with Crippen LogP contribution in [0.25, 0.3) is 0 Å². The van der Waals surface area contributed by atoms with Crippen LogP contribution in [0.1, 0.15) is 24.5 Å². The lowest BCUT2D eigenvalue weighted by molar-refractivity contribution is 0.223. The Labute approximate surface area is 115 Å².